The van der Waals surface area contributed by atoms with E-state index in [0.717, 1.165) is 25.7 Å². The molecule has 1 atom stereocenters. The van der Waals surface area contributed by atoms with Crippen molar-refractivity contribution in [2.45, 2.75) is 38.6 Å². The van der Waals surface area contributed by atoms with E-state index in [1.54, 1.807) is 4.90 Å². The first-order valence-electron chi connectivity index (χ1n) is 5.55. The summed E-state index contributed by atoms with van der Waals surface area (Å²) in [5, 5.41) is 10.2. The molecule has 0 aromatic carbocycles. The van der Waals surface area contributed by atoms with E-state index in [1.807, 2.05) is 0 Å². The topological polar surface area (TPSA) is 82.2 Å². The van der Waals surface area contributed by atoms with Crippen LogP contribution in [0.5, 0.6) is 0 Å². The van der Waals surface area contributed by atoms with Crippen LogP contribution in [0.15, 0.2) is 0 Å². The fourth-order valence-corrected chi connectivity index (χ4v) is 1.81. The summed E-state index contributed by atoms with van der Waals surface area (Å²) in [5.74, 6) is 0.0955. The molecule has 0 saturated carbocycles. The number of amides is 2. The highest BCUT2D eigenvalue weighted by Gasteiger charge is 2.30. The molecule has 1 rings (SSSR count). The highest BCUT2D eigenvalue weighted by molar-refractivity contribution is 5.88. The van der Waals surface area contributed by atoms with Gasteiger partial charge in [0.2, 0.25) is 0 Å². The molecule has 1 unspecified atom stereocenters. The molecule has 1 aliphatic rings. The molecule has 5 heteroatoms. The van der Waals surface area contributed by atoms with Gasteiger partial charge in [-0.25, -0.2) is 4.79 Å². The van der Waals surface area contributed by atoms with Crippen LogP contribution in [0.2, 0.25) is 0 Å². The monoisotopic (exact) mass is 212 g/mol. The summed E-state index contributed by atoms with van der Waals surface area (Å²) >= 11 is 0. The van der Waals surface area contributed by atoms with Crippen molar-refractivity contribution in [3.8, 4) is 0 Å². The SMILES string of the molecule is CCCCNC(=O)N1CCCC1C(=N)N. The molecule has 0 aromatic heterocycles. The summed E-state index contributed by atoms with van der Waals surface area (Å²) < 4.78 is 0. The first-order valence-corrected chi connectivity index (χ1v) is 5.55. The number of likely N-dealkylation sites (tertiary alicyclic amines) is 1. The first-order chi connectivity index (χ1) is 7.16. The van der Waals surface area contributed by atoms with Gasteiger partial charge in [-0.1, -0.05) is 13.3 Å². The van der Waals surface area contributed by atoms with Gasteiger partial charge in [0.1, 0.15) is 5.84 Å². The Bertz CT molecular complexity index is 242. The third-order valence-corrected chi connectivity index (χ3v) is 2.68. The van der Waals surface area contributed by atoms with Gasteiger partial charge in [0.25, 0.3) is 0 Å². The number of carbonyl (C=O) groups is 1. The number of hydrogen-bond donors (Lipinski definition) is 3. The summed E-state index contributed by atoms with van der Waals surface area (Å²) in [5.41, 5.74) is 5.44. The fourth-order valence-electron chi connectivity index (χ4n) is 1.81. The van der Waals surface area contributed by atoms with Crippen molar-refractivity contribution in [1.82, 2.24) is 10.2 Å². The number of unbranched alkanes of at least 4 members (excludes halogenated alkanes) is 1. The van der Waals surface area contributed by atoms with Gasteiger partial charge in [-0.3, -0.25) is 5.41 Å². The second-order valence-corrected chi connectivity index (χ2v) is 3.89. The van der Waals surface area contributed by atoms with Crippen molar-refractivity contribution >= 4 is 11.9 Å². The summed E-state index contributed by atoms with van der Waals surface area (Å²) in [6.07, 6.45) is 3.81. The molecule has 0 aliphatic carbocycles. The third-order valence-electron chi connectivity index (χ3n) is 2.68. The Morgan fingerprint density at radius 1 is 1.67 bits per heavy atom. The Morgan fingerprint density at radius 2 is 2.40 bits per heavy atom. The van der Waals surface area contributed by atoms with E-state index in [4.69, 9.17) is 11.1 Å². The lowest BCUT2D eigenvalue weighted by atomic mass is 10.2. The molecule has 0 spiro atoms. The van der Waals surface area contributed by atoms with E-state index in [-0.39, 0.29) is 17.9 Å². The van der Waals surface area contributed by atoms with Crippen molar-refractivity contribution in [2.24, 2.45) is 5.73 Å². The normalized spacial score (nSPS) is 20.3. The molecular formula is C10H20N4O. The molecule has 0 aromatic rings. The molecule has 1 heterocycles. The van der Waals surface area contributed by atoms with Crippen LogP contribution >= 0.6 is 0 Å². The molecule has 15 heavy (non-hydrogen) atoms. The van der Waals surface area contributed by atoms with Crippen LogP contribution in [0.4, 0.5) is 4.79 Å². The van der Waals surface area contributed by atoms with Crippen molar-refractivity contribution in [1.29, 1.82) is 5.41 Å². The highest BCUT2D eigenvalue weighted by Crippen LogP contribution is 2.16. The predicted molar refractivity (Wildman–Crippen MR) is 59.9 cm³/mol. The lowest BCUT2D eigenvalue weighted by Crippen LogP contribution is -2.48. The molecule has 5 nitrogen and oxygen atoms in total. The Hall–Kier alpha value is -1.26. The van der Waals surface area contributed by atoms with Gasteiger partial charge in [-0.15, -0.1) is 0 Å². The van der Waals surface area contributed by atoms with Crippen molar-refractivity contribution < 1.29 is 4.79 Å². The minimum absolute atomic E-state index is 0.0823. The lowest BCUT2D eigenvalue weighted by Gasteiger charge is -2.23. The quantitative estimate of drug-likeness (QED) is 0.367. The van der Waals surface area contributed by atoms with Crippen LogP contribution in [0.1, 0.15) is 32.6 Å². The molecule has 1 saturated heterocycles. The number of urea groups is 1. The van der Waals surface area contributed by atoms with Crippen LogP contribution < -0.4 is 11.1 Å². The Morgan fingerprint density at radius 3 is 3.00 bits per heavy atom. The smallest absolute Gasteiger partial charge is 0.318 e. The molecule has 0 bridgehead atoms. The average molecular weight is 212 g/mol. The van der Waals surface area contributed by atoms with Crippen LogP contribution in [0.25, 0.3) is 0 Å². The van der Waals surface area contributed by atoms with Gasteiger partial charge in [-0.2, -0.15) is 0 Å². The van der Waals surface area contributed by atoms with Gasteiger partial charge in [0, 0.05) is 13.1 Å². The number of carbonyl (C=O) groups excluding carboxylic acids is 1. The van der Waals surface area contributed by atoms with E-state index in [1.165, 1.54) is 0 Å². The molecule has 1 aliphatic heterocycles. The Kier molecular flexibility index (Phi) is 4.39. The van der Waals surface area contributed by atoms with E-state index < -0.39 is 0 Å². The minimum atomic E-state index is -0.188. The highest BCUT2D eigenvalue weighted by atomic mass is 16.2. The van der Waals surface area contributed by atoms with E-state index >= 15 is 0 Å². The molecule has 4 N–H and O–H groups in total. The molecule has 1 fully saturated rings. The van der Waals surface area contributed by atoms with E-state index in [0.29, 0.717) is 13.1 Å². The zero-order valence-corrected chi connectivity index (χ0v) is 9.25. The summed E-state index contributed by atoms with van der Waals surface area (Å²) in [6, 6.07) is -0.271. The number of rotatable bonds is 4. The maximum absolute atomic E-state index is 11.7. The predicted octanol–water partition coefficient (Wildman–Crippen LogP) is 0.896. The number of hydrogen-bond acceptors (Lipinski definition) is 2. The second kappa shape index (κ2) is 5.58. The maximum Gasteiger partial charge on any atom is 0.318 e. The van der Waals surface area contributed by atoms with Gasteiger partial charge in [-0.05, 0) is 19.3 Å². The zero-order valence-electron chi connectivity index (χ0n) is 9.25. The summed E-state index contributed by atoms with van der Waals surface area (Å²) in [7, 11) is 0. The summed E-state index contributed by atoms with van der Waals surface area (Å²) in [4.78, 5) is 13.4. The largest absolute Gasteiger partial charge is 0.386 e. The number of amidine groups is 1. The van der Waals surface area contributed by atoms with Gasteiger partial charge in [0.05, 0.1) is 6.04 Å². The van der Waals surface area contributed by atoms with Crippen LogP contribution in [0.3, 0.4) is 0 Å². The van der Waals surface area contributed by atoms with E-state index in [2.05, 4.69) is 12.2 Å². The molecular weight excluding hydrogens is 192 g/mol. The van der Waals surface area contributed by atoms with Crippen LogP contribution in [0, 0.1) is 5.41 Å². The standard InChI is InChI=1S/C10H20N4O/c1-2-3-6-13-10(15)14-7-4-5-8(14)9(11)12/h8H,2-7H2,1H3,(H3,11,12)(H,13,15). The fraction of sp³-hybridized carbons (Fsp3) is 0.800. The molecule has 2 amide bonds. The number of nitrogens with two attached hydrogens (primary N) is 1. The Labute approximate surface area is 90.5 Å². The maximum atomic E-state index is 11.7. The van der Waals surface area contributed by atoms with Gasteiger partial charge in [0.15, 0.2) is 0 Å². The Balaban J connectivity index is 2.40. The number of nitrogens with zero attached hydrogens (tertiary/aromatic N) is 1. The average Bonchev–Trinajstić information content (AvgIpc) is 2.66. The number of nitrogens with one attached hydrogen (secondary N) is 2. The minimum Gasteiger partial charge on any atom is -0.386 e. The zero-order chi connectivity index (χ0) is 11.3. The van der Waals surface area contributed by atoms with Gasteiger partial charge >= 0.3 is 6.03 Å². The van der Waals surface area contributed by atoms with E-state index in [9.17, 15) is 4.79 Å². The second-order valence-electron chi connectivity index (χ2n) is 3.89. The lowest BCUT2D eigenvalue weighted by molar-refractivity contribution is 0.202. The van der Waals surface area contributed by atoms with Crippen LogP contribution in [-0.4, -0.2) is 35.9 Å². The molecule has 0 radical (unpaired) electrons. The third kappa shape index (κ3) is 3.11. The molecule has 86 valence electrons. The van der Waals surface area contributed by atoms with Gasteiger partial charge < -0.3 is 16.0 Å². The van der Waals surface area contributed by atoms with Crippen molar-refractivity contribution in [2.75, 3.05) is 13.1 Å². The van der Waals surface area contributed by atoms with Crippen molar-refractivity contribution in [3.05, 3.63) is 0 Å². The van der Waals surface area contributed by atoms with Crippen LogP contribution in [-0.2, 0) is 0 Å². The van der Waals surface area contributed by atoms with Crippen molar-refractivity contribution in [3.63, 3.8) is 0 Å². The summed E-state index contributed by atoms with van der Waals surface area (Å²) in [6.45, 7) is 3.50. The first kappa shape index (κ1) is 11.8.